The summed E-state index contributed by atoms with van der Waals surface area (Å²) >= 11 is 0. The standard InChI is InChI=1S/C20H16N2/c1-2-3-5-12-19-18(15-14-17-10-6-4-7-11-17)21-20-13-8-9-16-22(19)20/h4,6-11,13,16H,2-3H2,1H3. The molecule has 2 heteroatoms. The number of aromatic nitrogens is 2. The molecule has 0 spiro atoms. The maximum absolute atomic E-state index is 4.59. The molecule has 0 N–H and O–H groups in total. The number of imidazole rings is 1. The van der Waals surface area contributed by atoms with Crippen molar-refractivity contribution in [1.82, 2.24) is 9.38 Å². The first kappa shape index (κ1) is 14.0. The summed E-state index contributed by atoms with van der Waals surface area (Å²) in [5.41, 5.74) is 3.46. The molecule has 0 saturated heterocycles. The summed E-state index contributed by atoms with van der Waals surface area (Å²) in [6, 6.07) is 15.9. The average molecular weight is 284 g/mol. The zero-order chi connectivity index (χ0) is 15.2. The number of hydrogen-bond acceptors (Lipinski definition) is 1. The van der Waals surface area contributed by atoms with Gasteiger partial charge in [-0.25, -0.2) is 4.98 Å². The highest BCUT2D eigenvalue weighted by Crippen LogP contribution is 2.11. The molecule has 22 heavy (non-hydrogen) atoms. The Hall–Kier alpha value is -2.97. The Balaban J connectivity index is 2.07. The Kier molecular flexibility index (Phi) is 4.23. The maximum atomic E-state index is 4.59. The fraction of sp³-hybridized carbons (Fsp3) is 0.150. The quantitative estimate of drug-likeness (QED) is 0.620. The van der Waals surface area contributed by atoms with E-state index in [1.807, 2.05) is 59.1 Å². The summed E-state index contributed by atoms with van der Waals surface area (Å²) in [4.78, 5) is 4.59. The maximum Gasteiger partial charge on any atom is 0.148 e. The minimum Gasteiger partial charge on any atom is -0.292 e. The van der Waals surface area contributed by atoms with Crippen LogP contribution in [0.4, 0.5) is 0 Å². The Labute approximate surface area is 130 Å². The summed E-state index contributed by atoms with van der Waals surface area (Å²) in [6.45, 7) is 2.12. The zero-order valence-corrected chi connectivity index (χ0v) is 12.5. The SMILES string of the molecule is CCCC#Cc1c(C#Cc2ccccc2)nc2ccccn12. The predicted molar refractivity (Wildman–Crippen MR) is 89.4 cm³/mol. The Bertz CT molecular complexity index is 897. The predicted octanol–water partition coefficient (Wildman–Crippen LogP) is 3.89. The molecule has 0 aliphatic carbocycles. The third-order valence-electron chi connectivity index (χ3n) is 3.21. The van der Waals surface area contributed by atoms with Gasteiger partial charge < -0.3 is 0 Å². The molecular formula is C20H16N2. The topological polar surface area (TPSA) is 17.3 Å². The Morgan fingerprint density at radius 2 is 1.77 bits per heavy atom. The van der Waals surface area contributed by atoms with Gasteiger partial charge in [0.1, 0.15) is 17.0 Å². The molecule has 0 saturated carbocycles. The second-order valence-electron chi connectivity index (χ2n) is 4.91. The van der Waals surface area contributed by atoms with Crippen molar-refractivity contribution in [2.45, 2.75) is 19.8 Å². The fourth-order valence-electron chi connectivity index (χ4n) is 2.13. The third-order valence-corrected chi connectivity index (χ3v) is 3.21. The van der Waals surface area contributed by atoms with Crippen LogP contribution in [0.3, 0.4) is 0 Å². The van der Waals surface area contributed by atoms with E-state index in [-0.39, 0.29) is 0 Å². The number of hydrogen-bond donors (Lipinski definition) is 0. The molecule has 3 aromatic rings. The molecule has 0 amide bonds. The van der Waals surface area contributed by atoms with Crippen LogP contribution in [0.15, 0.2) is 54.7 Å². The van der Waals surface area contributed by atoms with E-state index in [2.05, 4.69) is 35.6 Å². The van der Waals surface area contributed by atoms with E-state index in [1.165, 1.54) is 0 Å². The van der Waals surface area contributed by atoms with Crippen LogP contribution in [-0.4, -0.2) is 9.38 Å². The first-order chi connectivity index (χ1) is 10.9. The highest BCUT2D eigenvalue weighted by Gasteiger charge is 2.07. The van der Waals surface area contributed by atoms with Crippen molar-refractivity contribution in [3.05, 3.63) is 71.7 Å². The summed E-state index contributed by atoms with van der Waals surface area (Å²) in [5, 5.41) is 0. The number of unbranched alkanes of at least 4 members (excludes halogenated alkanes) is 1. The van der Waals surface area contributed by atoms with Crippen LogP contribution in [0.25, 0.3) is 5.65 Å². The van der Waals surface area contributed by atoms with E-state index in [0.717, 1.165) is 35.4 Å². The zero-order valence-electron chi connectivity index (χ0n) is 12.5. The minimum atomic E-state index is 0.735. The molecule has 0 fully saturated rings. The van der Waals surface area contributed by atoms with Crippen LogP contribution in [0.1, 0.15) is 36.7 Å². The molecule has 2 heterocycles. The van der Waals surface area contributed by atoms with Gasteiger partial charge in [0.15, 0.2) is 0 Å². The first-order valence-corrected chi connectivity index (χ1v) is 7.41. The van der Waals surface area contributed by atoms with Gasteiger partial charge in [0.25, 0.3) is 0 Å². The van der Waals surface area contributed by atoms with E-state index in [4.69, 9.17) is 0 Å². The lowest BCUT2D eigenvalue weighted by Gasteiger charge is -1.93. The molecular weight excluding hydrogens is 268 g/mol. The summed E-state index contributed by atoms with van der Waals surface area (Å²) < 4.78 is 2.00. The second kappa shape index (κ2) is 6.66. The molecule has 0 unspecified atom stereocenters. The van der Waals surface area contributed by atoms with Crippen molar-refractivity contribution < 1.29 is 0 Å². The van der Waals surface area contributed by atoms with Crippen LogP contribution in [0.2, 0.25) is 0 Å². The van der Waals surface area contributed by atoms with E-state index in [0.29, 0.717) is 0 Å². The van der Waals surface area contributed by atoms with Gasteiger partial charge in [-0.15, -0.1) is 0 Å². The van der Waals surface area contributed by atoms with Crippen LogP contribution >= 0.6 is 0 Å². The van der Waals surface area contributed by atoms with Gasteiger partial charge >= 0.3 is 0 Å². The Morgan fingerprint density at radius 3 is 2.59 bits per heavy atom. The molecule has 0 aliphatic rings. The molecule has 1 aromatic carbocycles. The first-order valence-electron chi connectivity index (χ1n) is 7.41. The molecule has 2 nitrogen and oxygen atoms in total. The molecule has 0 bridgehead atoms. The van der Waals surface area contributed by atoms with E-state index >= 15 is 0 Å². The highest BCUT2D eigenvalue weighted by molar-refractivity contribution is 5.55. The number of benzene rings is 1. The van der Waals surface area contributed by atoms with E-state index in [1.54, 1.807) is 0 Å². The van der Waals surface area contributed by atoms with Gasteiger partial charge in [-0.3, -0.25) is 4.40 Å². The van der Waals surface area contributed by atoms with Crippen molar-refractivity contribution in [1.29, 1.82) is 0 Å². The molecule has 0 atom stereocenters. The van der Waals surface area contributed by atoms with Crippen molar-refractivity contribution in [3.8, 4) is 23.7 Å². The van der Waals surface area contributed by atoms with E-state index < -0.39 is 0 Å². The molecule has 3 rings (SSSR count). The third kappa shape index (κ3) is 3.03. The fourth-order valence-corrected chi connectivity index (χ4v) is 2.13. The van der Waals surface area contributed by atoms with Crippen LogP contribution in [0.5, 0.6) is 0 Å². The van der Waals surface area contributed by atoms with Gasteiger partial charge in [0.05, 0.1) is 0 Å². The minimum absolute atomic E-state index is 0.735. The van der Waals surface area contributed by atoms with Crippen LogP contribution in [-0.2, 0) is 0 Å². The lowest BCUT2D eigenvalue weighted by atomic mass is 10.2. The highest BCUT2D eigenvalue weighted by atomic mass is 15.0. The molecule has 0 radical (unpaired) electrons. The molecule has 106 valence electrons. The van der Waals surface area contributed by atoms with Crippen molar-refractivity contribution in [3.63, 3.8) is 0 Å². The monoisotopic (exact) mass is 284 g/mol. The number of pyridine rings is 1. The number of nitrogens with zero attached hydrogens (tertiary/aromatic N) is 2. The summed E-state index contributed by atoms with van der Waals surface area (Å²) in [5.74, 6) is 12.7. The van der Waals surface area contributed by atoms with Gasteiger partial charge in [-0.1, -0.05) is 43.0 Å². The lowest BCUT2D eigenvalue weighted by Crippen LogP contribution is -1.88. The van der Waals surface area contributed by atoms with Gasteiger partial charge in [-0.05, 0) is 42.5 Å². The number of rotatable bonds is 1. The smallest absolute Gasteiger partial charge is 0.148 e. The van der Waals surface area contributed by atoms with Gasteiger partial charge in [0, 0.05) is 18.2 Å². The van der Waals surface area contributed by atoms with E-state index in [9.17, 15) is 0 Å². The largest absolute Gasteiger partial charge is 0.292 e. The summed E-state index contributed by atoms with van der Waals surface area (Å²) in [7, 11) is 0. The second-order valence-corrected chi connectivity index (χ2v) is 4.91. The van der Waals surface area contributed by atoms with Crippen molar-refractivity contribution >= 4 is 5.65 Å². The summed E-state index contributed by atoms with van der Waals surface area (Å²) in [6.07, 6.45) is 3.91. The number of fused-ring (bicyclic) bond motifs is 1. The van der Waals surface area contributed by atoms with Crippen molar-refractivity contribution in [2.24, 2.45) is 0 Å². The van der Waals surface area contributed by atoms with Gasteiger partial charge in [-0.2, -0.15) is 0 Å². The average Bonchev–Trinajstić information content (AvgIpc) is 2.92. The normalized spacial score (nSPS) is 9.68. The Morgan fingerprint density at radius 1 is 0.955 bits per heavy atom. The van der Waals surface area contributed by atoms with Crippen LogP contribution in [0, 0.1) is 23.7 Å². The lowest BCUT2D eigenvalue weighted by molar-refractivity contribution is 0.982. The van der Waals surface area contributed by atoms with Crippen molar-refractivity contribution in [2.75, 3.05) is 0 Å². The molecule has 2 aromatic heterocycles. The van der Waals surface area contributed by atoms with Gasteiger partial charge in [0.2, 0.25) is 0 Å². The van der Waals surface area contributed by atoms with Crippen LogP contribution < -0.4 is 0 Å². The molecule has 0 aliphatic heterocycles.